The number of anilines is 1. The van der Waals surface area contributed by atoms with Crippen LogP contribution in [0.4, 0.5) is 5.13 Å². The smallest absolute Gasteiger partial charge is 0.184 e. The minimum atomic E-state index is 0.609. The first-order chi connectivity index (χ1) is 13.3. The van der Waals surface area contributed by atoms with E-state index in [0.29, 0.717) is 6.54 Å². The average molecular weight is 377 g/mol. The number of nitrogens with zero attached hydrogens (tertiary/aromatic N) is 2. The Bertz CT molecular complexity index is 1060. The zero-order valence-corrected chi connectivity index (χ0v) is 15.9. The van der Waals surface area contributed by atoms with Gasteiger partial charge in [0, 0.05) is 24.5 Å². The van der Waals surface area contributed by atoms with Crippen LogP contribution in [0, 0.1) is 0 Å². The molecule has 4 rings (SSSR count). The number of fused-ring (bicyclic) bond motifs is 1. The Labute approximate surface area is 161 Å². The van der Waals surface area contributed by atoms with Crippen molar-refractivity contribution in [2.75, 3.05) is 19.5 Å². The van der Waals surface area contributed by atoms with Gasteiger partial charge in [0.25, 0.3) is 0 Å². The second kappa shape index (κ2) is 7.63. The third-order valence-corrected chi connectivity index (χ3v) is 5.29. The van der Waals surface area contributed by atoms with E-state index in [1.807, 2.05) is 30.3 Å². The standard InChI is InChI=1S/C21H19N3O2S/c1-25-18-5-3-4-16(20(18)26-2)13-23-21-24-17-7-6-15(12-19(17)27-21)14-8-10-22-11-9-14/h3-12H,13H2,1-2H3,(H,23,24). The highest BCUT2D eigenvalue weighted by molar-refractivity contribution is 7.22. The van der Waals surface area contributed by atoms with E-state index in [2.05, 4.69) is 33.5 Å². The number of rotatable bonds is 6. The van der Waals surface area contributed by atoms with Gasteiger partial charge in [0.2, 0.25) is 0 Å². The van der Waals surface area contributed by atoms with E-state index in [4.69, 9.17) is 9.47 Å². The summed E-state index contributed by atoms with van der Waals surface area (Å²) in [6.07, 6.45) is 3.61. The van der Waals surface area contributed by atoms with Gasteiger partial charge in [-0.25, -0.2) is 4.98 Å². The van der Waals surface area contributed by atoms with Crippen molar-refractivity contribution in [3.63, 3.8) is 0 Å². The third kappa shape index (κ3) is 3.57. The molecule has 2 heterocycles. The minimum Gasteiger partial charge on any atom is -0.493 e. The summed E-state index contributed by atoms with van der Waals surface area (Å²) in [5.41, 5.74) is 4.32. The van der Waals surface area contributed by atoms with Crippen molar-refractivity contribution in [1.82, 2.24) is 9.97 Å². The van der Waals surface area contributed by atoms with Gasteiger partial charge in [-0.1, -0.05) is 29.5 Å². The Hall–Kier alpha value is -3.12. The van der Waals surface area contributed by atoms with Crippen LogP contribution in [0.2, 0.25) is 0 Å². The van der Waals surface area contributed by atoms with Gasteiger partial charge < -0.3 is 14.8 Å². The molecule has 4 aromatic rings. The van der Waals surface area contributed by atoms with Gasteiger partial charge in [0.15, 0.2) is 16.6 Å². The van der Waals surface area contributed by atoms with Gasteiger partial charge in [-0.2, -0.15) is 0 Å². The Morgan fingerprint density at radius 2 is 1.81 bits per heavy atom. The molecule has 0 spiro atoms. The first kappa shape index (κ1) is 17.3. The number of nitrogens with one attached hydrogen (secondary N) is 1. The largest absolute Gasteiger partial charge is 0.493 e. The molecule has 0 aliphatic heterocycles. The van der Waals surface area contributed by atoms with Crippen LogP contribution in [0.1, 0.15) is 5.56 Å². The number of aromatic nitrogens is 2. The summed E-state index contributed by atoms with van der Waals surface area (Å²) in [6, 6.07) is 16.2. The highest BCUT2D eigenvalue weighted by Gasteiger charge is 2.11. The van der Waals surface area contributed by atoms with Crippen LogP contribution in [0.3, 0.4) is 0 Å². The quantitative estimate of drug-likeness (QED) is 0.513. The maximum absolute atomic E-state index is 5.49. The molecule has 0 fully saturated rings. The number of hydrogen-bond acceptors (Lipinski definition) is 6. The first-order valence-electron chi connectivity index (χ1n) is 8.53. The van der Waals surface area contributed by atoms with E-state index < -0.39 is 0 Å². The molecule has 0 aliphatic carbocycles. The van der Waals surface area contributed by atoms with Crippen molar-refractivity contribution in [3.05, 3.63) is 66.5 Å². The molecule has 0 amide bonds. The maximum Gasteiger partial charge on any atom is 0.184 e. The summed E-state index contributed by atoms with van der Waals surface area (Å²) in [4.78, 5) is 8.76. The average Bonchev–Trinajstić information content (AvgIpc) is 3.14. The summed E-state index contributed by atoms with van der Waals surface area (Å²) in [5.74, 6) is 1.47. The molecule has 2 aromatic heterocycles. The van der Waals surface area contributed by atoms with Crippen LogP contribution in [-0.2, 0) is 6.54 Å². The molecule has 136 valence electrons. The summed E-state index contributed by atoms with van der Waals surface area (Å²) in [6.45, 7) is 0.609. The number of hydrogen-bond donors (Lipinski definition) is 1. The molecular weight excluding hydrogens is 358 g/mol. The highest BCUT2D eigenvalue weighted by Crippen LogP contribution is 2.33. The molecule has 27 heavy (non-hydrogen) atoms. The first-order valence-corrected chi connectivity index (χ1v) is 9.35. The van der Waals surface area contributed by atoms with E-state index in [0.717, 1.165) is 43.5 Å². The Morgan fingerprint density at radius 3 is 2.59 bits per heavy atom. The molecular formula is C21H19N3O2S. The number of thiazole rings is 1. The van der Waals surface area contributed by atoms with Gasteiger partial charge in [-0.05, 0) is 41.5 Å². The van der Waals surface area contributed by atoms with E-state index in [1.165, 1.54) is 0 Å². The van der Waals surface area contributed by atoms with Gasteiger partial charge >= 0.3 is 0 Å². The topological polar surface area (TPSA) is 56.3 Å². The monoisotopic (exact) mass is 377 g/mol. The fraction of sp³-hybridized carbons (Fsp3) is 0.143. The summed E-state index contributed by atoms with van der Waals surface area (Å²) in [5, 5.41) is 4.27. The van der Waals surface area contributed by atoms with Gasteiger partial charge in [-0.3, -0.25) is 4.98 Å². The maximum atomic E-state index is 5.49. The van der Waals surface area contributed by atoms with E-state index >= 15 is 0 Å². The lowest BCUT2D eigenvalue weighted by Crippen LogP contribution is -2.02. The minimum absolute atomic E-state index is 0.609. The van der Waals surface area contributed by atoms with Crippen molar-refractivity contribution in [3.8, 4) is 22.6 Å². The number of benzene rings is 2. The second-order valence-electron chi connectivity index (χ2n) is 5.94. The predicted octanol–water partition coefficient (Wildman–Crippen LogP) is 4.99. The van der Waals surface area contributed by atoms with Crippen LogP contribution in [0.15, 0.2) is 60.9 Å². The Morgan fingerprint density at radius 1 is 0.963 bits per heavy atom. The zero-order valence-electron chi connectivity index (χ0n) is 15.1. The molecule has 2 aromatic carbocycles. The number of pyridine rings is 1. The lowest BCUT2D eigenvalue weighted by atomic mass is 10.1. The van der Waals surface area contributed by atoms with Crippen molar-refractivity contribution in [2.24, 2.45) is 0 Å². The summed E-state index contributed by atoms with van der Waals surface area (Å²) in [7, 11) is 3.29. The van der Waals surface area contributed by atoms with Gasteiger partial charge in [0.1, 0.15) is 0 Å². The van der Waals surface area contributed by atoms with Gasteiger partial charge in [0.05, 0.1) is 24.4 Å². The molecule has 1 N–H and O–H groups in total. The number of methoxy groups -OCH3 is 2. The lowest BCUT2D eigenvalue weighted by Gasteiger charge is -2.12. The molecule has 0 atom stereocenters. The van der Waals surface area contributed by atoms with Gasteiger partial charge in [-0.15, -0.1) is 0 Å². The van der Waals surface area contributed by atoms with Crippen molar-refractivity contribution < 1.29 is 9.47 Å². The molecule has 0 unspecified atom stereocenters. The Balaban J connectivity index is 1.57. The summed E-state index contributed by atoms with van der Waals surface area (Å²) < 4.78 is 12.0. The Kier molecular flexibility index (Phi) is 4.89. The SMILES string of the molecule is COc1cccc(CNc2nc3ccc(-c4ccncc4)cc3s2)c1OC. The zero-order chi connectivity index (χ0) is 18.6. The van der Waals surface area contributed by atoms with E-state index in [9.17, 15) is 0 Å². The molecule has 0 bridgehead atoms. The van der Waals surface area contributed by atoms with Crippen LogP contribution in [-0.4, -0.2) is 24.2 Å². The second-order valence-corrected chi connectivity index (χ2v) is 6.97. The fourth-order valence-electron chi connectivity index (χ4n) is 2.99. The molecule has 0 aliphatic rings. The molecule has 5 nitrogen and oxygen atoms in total. The van der Waals surface area contributed by atoms with E-state index in [1.54, 1.807) is 38.0 Å². The molecule has 0 saturated heterocycles. The predicted molar refractivity (Wildman–Crippen MR) is 110 cm³/mol. The van der Waals surface area contributed by atoms with Crippen molar-refractivity contribution in [1.29, 1.82) is 0 Å². The van der Waals surface area contributed by atoms with Crippen LogP contribution in [0.25, 0.3) is 21.3 Å². The van der Waals surface area contributed by atoms with Crippen LogP contribution >= 0.6 is 11.3 Å². The lowest BCUT2D eigenvalue weighted by molar-refractivity contribution is 0.352. The molecule has 0 saturated carbocycles. The number of para-hydroxylation sites is 1. The van der Waals surface area contributed by atoms with E-state index in [-0.39, 0.29) is 0 Å². The molecule has 6 heteroatoms. The third-order valence-electron chi connectivity index (χ3n) is 4.32. The molecule has 0 radical (unpaired) electrons. The van der Waals surface area contributed by atoms with Crippen LogP contribution < -0.4 is 14.8 Å². The van der Waals surface area contributed by atoms with Crippen LogP contribution in [0.5, 0.6) is 11.5 Å². The van der Waals surface area contributed by atoms with Crippen molar-refractivity contribution in [2.45, 2.75) is 6.54 Å². The highest BCUT2D eigenvalue weighted by atomic mass is 32.1. The number of ether oxygens (including phenoxy) is 2. The van der Waals surface area contributed by atoms with Crippen molar-refractivity contribution >= 4 is 26.7 Å². The normalized spacial score (nSPS) is 10.7. The fourth-order valence-corrected chi connectivity index (χ4v) is 3.89. The summed E-state index contributed by atoms with van der Waals surface area (Å²) >= 11 is 1.64.